The van der Waals surface area contributed by atoms with E-state index in [0.717, 1.165) is 22.3 Å². The molecule has 1 atom stereocenters. The van der Waals surface area contributed by atoms with E-state index in [4.69, 9.17) is 14.5 Å². The van der Waals surface area contributed by atoms with Gasteiger partial charge < -0.3 is 14.4 Å². The van der Waals surface area contributed by atoms with Crippen molar-refractivity contribution in [3.8, 4) is 11.5 Å². The Morgan fingerprint density at radius 1 is 1.14 bits per heavy atom. The monoisotopic (exact) mass is 411 g/mol. The van der Waals surface area contributed by atoms with Crippen molar-refractivity contribution < 1.29 is 14.3 Å². The molecule has 152 valence electrons. The average molecular weight is 412 g/mol. The average Bonchev–Trinajstić information content (AvgIpc) is 3.15. The SMILES string of the molecule is Cc1ccc2sc(N(CCN(C)C)C(=O)C3COc4ccccc4O3)nc2c1C. The minimum atomic E-state index is -0.693. The summed E-state index contributed by atoms with van der Waals surface area (Å²) in [5.41, 5.74) is 3.30. The van der Waals surface area contributed by atoms with Crippen LogP contribution in [0.3, 0.4) is 0 Å². The number of aromatic nitrogens is 1. The van der Waals surface area contributed by atoms with Crippen molar-refractivity contribution in [3.63, 3.8) is 0 Å². The molecule has 1 aromatic heterocycles. The molecule has 2 aromatic carbocycles. The molecule has 1 unspecified atom stereocenters. The van der Waals surface area contributed by atoms with Gasteiger partial charge in [-0.25, -0.2) is 4.98 Å². The van der Waals surface area contributed by atoms with Crippen molar-refractivity contribution in [3.05, 3.63) is 47.5 Å². The van der Waals surface area contributed by atoms with Crippen LogP contribution in [0.1, 0.15) is 11.1 Å². The Bertz CT molecular complexity index is 1050. The van der Waals surface area contributed by atoms with Gasteiger partial charge in [0.1, 0.15) is 6.61 Å². The van der Waals surface area contributed by atoms with Gasteiger partial charge in [-0.1, -0.05) is 29.5 Å². The van der Waals surface area contributed by atoms with Crippen molar-refractivity contribution in [2.75, 3.05) is 38.7 Å². The number of hydrogen-bond donors (Lipinski definition) is 0. The van der Waals surface area contributed by atoms with Crippen LogP contribution in [0.25, 0.3) is 10.2 Å². The van der Waals surface area contributed by atoms with Crippen LogP contribution in [0.4, 0.5) is 5.13 Å². The minimum absolute atomic E-state index is 0.130. The van der Waals surface area contributed by atoms with E-state index in [-0.39, 0.29) is 12.5 Å². The van der Waals surface area contributed by atoms with Crippen LogP contribution >= 0.6 is 11.3 Å². The summed E-state index contributed by atoms with van der Waals surface area (Å²) in [4.78, 5) is 22.0. The van der Waals surface area contributed by atoms with E-state index in [1.807, 2.05) is 38.4 Å². The number of nitrogens with zero attached hydrogens (tertiary/aromatic N) is 3. The number of ether oxygens (including phenoxy) is 2. The number of thiazole rings is 1. The lowest BCUT2D eigenvalue weighted by molar-refractivity contribution is -0.127. The summed E-state index contributed by atoms with van der Waals surface area (Å²) in [6, 6.07) is 11.6. The predicted molar refractivity (Wildman–Crippen MR) is 116 cm³/mol. The number of benzene rings is 2. The standard InChI is InChI=1S/C22H25N3O3S/c1-14-9-10-19-20(15(14)2)23-22(29-19)25(12-11-24(3)4)21(26)18-13-27-16-7-5-6-8-17(16)28-18/h5-10,18H,11-13H2,1-4H3. The molecule has 0 fully saturated rings. The first-order valence-electron chi connectivity index (χ1n) is 9.65. The quantitative estimate of drug-likeness (QED) is 0.642. The van der Waals surface area contributed by atoms with Crippen molar-refractivity contribution in [2.24, 2.45) is 0 Å². The highest BCUT2D eigenvalue weighted by Gasteiger charge is 2.33. The molecule has 6 nitrogen and oxygen atoms in total. The number of anilines is 1. The topological polar surface area (TPSA) is 54.9 Å². The fourth-order valence-corrected chi connectivity index (χ4v) is 4.30. The van der Waals surface area contributed by atoms with E-state index in [2.05, 4.69) is 30.9 Å². The summed E-state index contributed by atoms with van der Waals surface area (Å²) in [5, 5.41) is 0.697. The molecule has 1 aliphatic rings. The number of para-hydroxylation sites is 2. The Morgan fingerprint density at radius 2 is 1.90 bits per heavy atom. The first kappa shape index (κ1) is 19.7. The molecular formula is C22H25N3O3S. The fourth-order valence-electron chi connectivity index (χ4n) is 3.24. The number of fused-ring (bicyclic) bond motifs is 2. The van der Waals surface area contributed by atoms with Gasteiger partial charge in [0.15, 0.2) is 16.6 Å². The molecule has 1 aliphatic heterocycles. The highest BCUT2D eigenvalue weighted by Crippen LogP contribution is 2.34. The zero-order valence-corrected chi connectivity index (χ0v) is 18.0. The van der Waals surface area contributed by atoms with E-state index in [1.54, 1.807) is 4.90 Å². The molecule has 7 heteroatoms. The molecule has 3 aromatic rings. The summed E-state index contributed by atoms with van der Waals surface area (Å²) in [5.74, 6) is 1.14. The molecular weight excluding hydrogens is 386 g/mol. The lowest BCUT2D eigenvalue weighted by atomic mass is 10.1. The molecule has 0 saturated heterocycles. The van der Waals surface area contributed by atoms with E-state index in [0.29, 0.717) is 23.2 Å². The number of carbonyl (C=O) groups excluding carboxylic acids is 1. The predicted octanol–water partition coefficient (Wildman–Crippen LogP) is 3.65. The van der Waals surface area contributed by atoms with Gasteiger partial charge in [0.2, 0.25) is 6.10 Å². The van der Waals surface area contributed by atoms with Gasteiger partial charge in [0.05, 0.1) is 10.2 Å². The molecule has 2 heterocycles. The number of carbonyl (C=O) groups is 1. The van der Waals surface area contributed by atoms with Gasteiger partial charge >= 0.3 is 0 Å². The molecule has 0 saturated carbocycles. The highest BCUT2D eigenvalue weighted by molar-refractivity contribution is 7.22. The van der Waals surface area contributed by atoms with Gasteiger partial charge in [0, 0.05) is 13.1 Å². The van der Waals surface area contributed by atoms with Crippen LogP contribution in [-0.4, -0.2) is 55.7 Å². The lowest BCUT2D eigenvalue weighted by Crippen LogP contribution is -2.48. The molecule has 0 bridgehead atoms. The van der Waals surface area contributed by atoms with E-state index < -0.39 is 6.10 Å². The van der Waals surface area contributed by atoms with Crippen LogP contribution in [0, 0.1) is 13.8 Å². The number of rotatable bonds is 5. The number of likely N-dealkylation sites (N-methyl/N-ethyl adjacent to an activating group) is 1. The number of amides is 1. The maximum Gasteiger partial charge on any atom is 0.273 e. The summed E-state index contributed by atoms with van der Waals surface area (Å²) in [7, 11) is 3.98. The highest BCUT2D eigenvalue weighted by atomic mass is 32.1. The third-order valence-corrected chi connectivity index (χ3v) is 6.17. The van der Waals surface area contributed by atoms with Crippen LogP contribution in [0.15, 0.2) is 36.4 Å². The van der Waals surface area contributed by atoms with Crippen LogP contribution < -0.4 is 14.4 Å². The van der Waals surface area contributed by atoms with Crippen LogP contribution in [0.2, 0.25) is 0 Å². The first-order valence-corrected chi connectivity index (χ1v) is 10.5. The second kappa shape index (κ2) is 8.00. The summed E-state index contributed by atoms with van der Waals surface area (Å²) >= 11 is 1.54. The maximum absolute atomic E-state index is 13.4. The molecule has 0 N–H and O–H groups in total. The van der Waals surface area contributed by atoms with Gasteiger partial charge in [0.25, 0.3) is 5.91 Å². The Morgan fingerprint density at radius 3 is 2.66 bits per heavy atom. The molecule has 4 rings (SSSR count). The van der Waals surface area contributed by atoms with Crippen molar-refractivity contribution >= 4 is 32.6 Å². The lowest BCUT2D eigenvalue weighted by Gasteiger charge is -2.30. The summed E-state index contributed by atoms with van der Waals surface area (Å²) in [6.45, 7) is 5.60. The molecule has 29 heavy (non-hydrogen) atoms. The zero-order chi connectivity index (χ0) is 20.5. The normalized spacial score (nSPS) is 15.7. The van der Waals surface area contributed by atoms with Gasteiger partial charge in [-0.3, -0.25) is 9.69 Å². The Kier molecular flexibility index (Phi) is 5.43. The van der Waals surface area contributed by atoms with E-state index in [9.17, 15) is 4.79 Å². The summed E-state index contributed by atoms with van der Waals surface area (Å²) in [6.07, 6.45) is -0.693. The Labute approximate surface area is 174 Å². The van der Waals surface area contributed by atoms with E-state index in [1.165, 1.54) is 16.9 Å². The molecule has 0 radical (unpaired) electrons. The first-order chi connectivity index (χ1) is 13.9. The molecule has 0 aliphatic carbocycles. The number of hydrogen-bond acceptors (Lipinski definition) is 6. The summed E-state index contributed by atoms with van der Waals surface area (Å²) < 4.78 is 12.8. The number of aryl methyl sites for hydroxylation is 2. The van der Waals surface area contributed by atoms with Gasteiger partial charge in [-0.2, -0.15) is 0 Å². The van der Waals surface area contributed by atoms with Crippen molar-refractivity contribution in [1.82, 2.24) is 9.88 Å². The fraction of sp³-hybridized carbons (Fsp3) is 0.364. The third-order valence-electron chi connectivity index (χ3n) is 5.13. The second-order valence-corrected chi connectivity index (χ2v) is 8.52. The van der Waals surface area contributed by atoms with Gasteiger partial charge in [-0.15, -0.1) is 0 Å². The maximum atomic E-state index is 13.4. The van der Waals surface area contributed by atoms with Gasteiger partial charge in [-0.05, 0) is 57.3 Å². The largest absolute Gasteiger partial charge is 0.485 e. The second-order valence-electron chi connectivity index (χ2n) is 7.51. The third kappa shape index (κ3) is 3.93. The Balaban J connectivity index is 1.65. The van der Waals surface area contributed by atoms with Crippen molar-refractivity contribution in [1.29, 1.82) is 0 Å². The molecule has 1 amide bonds. The Hall–Kier alpha value is -2.64. The smallest absolute Gasteiger partial charge is 0.273 e. The van der Waals surface area contributed by atoms with Crippen LogP contribution in [-0.2, 0) is 4.79 Å². The minimum Gasteiger partial charge on any atom is -0.485 e. The van der Waals surface area contributed by atoms with Crippen LogP contribution in [0.5, 0.6) is 11.5 Å². The zero-order valence-electron chi connectivity index (χ0n) is 17.1. The van der Waals surface area contributed by atoms with E-state index >= 15 is 0 Å². The van der Waals surface area contributed by atoms with Crippen molar-refractivity contribution in [2.45, 2.75) is 20.0 Å². The molecule has 0 spiro atoms.